The van der Waals surface area contributed by atoms with Crippen molar-refractivity contribution in [3.63, 3.8) is 0 Å². The van der Waals surface area contributed by atoms with Gasteiger partial charge in [0.05, 0.1) is 5.69 Å². The Bertz CT molecular complexity index is 894. The first-order valence-electron chi connectivity index (χ1n) is 8.71. The van der Waals surface area contributed by atoms with Crippen molar-refractivity contribution in [2.24, 2.45) is 10.3 Å². The average molecular weight is 397 g/mol. The van der Waals surface area contributed by atoms with Gasteiger partial charge < -0.3 is 15.5 Å². The molecule has 151 valence electrons. The monoisotopic (exact) mass is 397 g/mol. The summed E-state index contributed by atoms with van der Waals surface area (Å²) in [5.74, 6) is -2.07. The Kier molecular flexibility index (Phi) is 7.41. The molecule has 2 rings (SSSR count). The number of hydrogen-bond acceptors (Lipinski definition) is 6. The quantitative estimate of drug-likeness (QED) is 0.465. The smallest absolute Gasteiger partial charge is 0.329 e. The number of nitrogens with one attached hydrogen (secondary N) is 1. The normalized spacial score (nSPS) is 11.8. The summed E-state index contributed by atoms with van der Waals surface area (Å²) in [6, 6.07) is 10.8. The molecule has 0 aliphatic rings. The van der Waals surface area contributed by atoms with E-state index in [1.54, 1.807) is 12.1 Å². The summed E-state index contributed by atoms with van der Waals surface area (Å²) in [5.41, 5.74) is 1.36. The Morgan fingerprint density at radius 2 is 1.72 bits per heavy atom. The summed E-state index contributed by atoms with van der Waals surface area (Å²) >= 11 is 0. The minimum atomic E-state index is -1.28. The third kappa shape index (κ3) is 6.13. The predicted molar refractivity (Wildman–Crippen MR) is 104 cm³/mol. The van der Waals surface area contributed by atoms with Crippen LogP contribution in [0.15, 0.2) is 58.9 Å². The minimum Gasteiger partial charge on any atom is -0.508 e. The molecule has 0 aromatic heterocycles. The van der Waals surface area contributed by atoms with Gasteiger partial charge in [0.15, 0.2) is 6.04 Å². The Morgan fingerprint density at radius 1 is 1.10 bits per heavy atom. The van der Waals surface area contributed by atoms with Crippen LogP contribution in [0.3, 0.4) is 0 Å². The SMILES string of the molecule is [CH2]CNC(=O)c1ccc(N=NN(C(C)=O)[C@@H](Cc2ccc(O)cc2)C(=O)O)cc1. The van der Waals surface area contributed by atoms with E-state index in [4.69, 9.17) is 0 Å². The van der Waals surface area contributed by atoms with Crippen molar-refractivity contribution in [1.29, 1.82) is 0 Å². The molecule has 0 spiro atoms. The lowest BCUT2D eigenvalue weighted by Gasteiger charge is -2.21. The molecular weight excluding hydrogens is 376 g/mol. The molecule has 1 atom stereocenters. The molecule has 1 radical (unpaired) electrons. The van der Waals surface area contributed by atoms with Gasteiger partial charge in [0, 0.05) is 25.5 Å². The summed E-state index contributed by atoms with van der Waals surface area (Å²) in [5, 5.41) is 30.0. The van der Waals surface area contributed by atoms with E-state index in [0.29, 0.717) is 16.8 Å². The zero-order chi connectivity index (χ0) is 21.4. The van der Waals surface area contributed by atoms with Crippen LogP contribution in [-0.2, 0) is 16.0 Å². The largest absolute Gasteiger partial charge is 0.508 e. The maximum Gasteiger partial charge on any atom is 0.329 e. The second-order valence-electron chi connectivity index (χ2n) is 6.08. The van der Waals surface area contributed by atoms with Crippen LogP contribution in [0, 0.1) is 6.92 Å². The molecule has 2 aromatic carbocycles. The van der Waals surface area contributed by atoms with Crippen LogP contribution in [0.1, 0.15) is 22.8 Å². The molecule has 9 nitrogen and oxygen atoms in total. The van der Waals surface area contributed by atoms with Crippen molar-refractivity contribution < 1.29 is 24.6 Å². The van der Waals surface area contributed by atoms with Gasteiger partial charge in [0.1, 0.15) is 5.75 Å². The minimum absolute atomic E-state index is 0.0155. The van der Waals surface area contributed by atoms with Gasteiger partial charge in [0.25, 0.3) is 5.91 Å². The number of nitrogens with zero attached hydrogens (tertiary/aromatic N) is 3. The van der Waals surface area contributed by atoms with Gasteiger partial charge in [-0.15, -0.1) is 5.11 Å². The molecule has 0 unspecified atom stereocenters. The molecule has 0 saturated carbocycles. The second-order valence-corrected chi connectivity index (χ2v) is 6.08. The predicted octanol–water partition coefficient (Wildman–Crippen LogP) is 2.50. The number of rotatable bonds is 8. The van der Waals surface area contributed by atoms with Crippen LogP contribution >= 0.6 is 0 Å². The molecule has 0 aliphatic heterocycles. The lowest BCUT2D eigenvalue weighted by Crippen LogP contribution is -2.41. The maximum absolute atomic E-state index is 12.0. The van der Waals surface area contributed by atoms with E-state index in [2.05, 4.69) is 22.6 Å². The van der Waals surface area contributed by atoms with Crippen LogP contribution in [-0.4, -0.2) is 45.6 Å². The summed E-state index contributed by atoms with van der Waals surface area (Å²) < 4.78 is 0. The summed E-state index contributed by atoms with van der Waals surface area (Å²) in [4.78, 5) is 35.4. The molecule has 0 bridgehead atoms. The Hall–Kier alpha value is -3.75. The summed E-state index contributed by atoms with van der Waals surface area (Å²) in [7, 11) is 0. The van der Waals surface area contributed by atoms with Crippen molar-refractivity contribution in [3.05, 3.63) is 66.6 Å². The highest BCUT2D eigenvalue weighted by molar-refractivity contribution is 5.94. The van der Waals surface area contributed by atoms with Crippen LogP contribution in [0.5, 0.6) is 5.75 Å². The van der Waals surface area contributed by atoms with Crippen LogP contribution < -0.4 is 5.32 Å². The number of hydrogen-bond donors (Lipinski definition) is 3. The fourth-order valence-corrected chi connectivity index (χ4v) is 2.47. The van der Waals surface area contributed by atoms with Crippen LogP contribution in [0.25, 0.3) is 0 Å². The molecular formula is C20H21N4O5. The number of phenolic OH excluding ortho intramolecular Hbond substituents is 1. The number of aromatic hydroxyl groups is 1. The molecule has 2 amide bonds. The van der Waals surface area contributed by atoms with E-state index in [-0.39, 0.29) is 24.6 Å². The van der Waals surface area contributed by atoms with E-state index in [1.165, 1.54) is 43.3 Å². The van der Waals surface area contributed by atoms with E-state index >= 15 is 0 Å². The van der Waals surface area contributed by atoms with Crippen LogP contribution in [0.2, 0.25) is 0 Å². The van der Waals surface area contributed by atoms with Gasteiger partial charge in [-0.25, -0.2) is 9.80 Å². The van der Waals surface area contributed by atoms with Gasteiger partial charge in [0.2, 0.25) is 5.91 Å². The van der Waals surface area contributed by atoms with Crippen molar-refractivity contribution in [2.45, 2.75) is 19.4 Å². The first-order chi connectivity index (χ1) is 13.8. The zero-order valence-electron chi connectivity index (χ0n) is 15.8. The number of aliphatic carboxylic acids is 1. The topological polar surface area (TPSA) is 132 Å². The number of carbonyl (C=O) groups excluding carboxylic acids is 2. The highest BCUT2D eigenvalue weighted by Crippen LogP contribution is 2.18. The Labute approximate surface area is 167 Å². The van der Waals surface area contributed by atoms with Crippen LogP contribution in [0.4, 0.5) is 5.69 Å². The second kappa shape index (κ2) is 9.98. The van der Waals surface area contributed by atoms with Gasteiger partial charge >= 0.3 is 5.97 Å². The third-order valence-corrected chi connectivity index (χ3v) is 3.94. The van der Waals surface area contributed by atoms with Crippen molar-refractivity contribution in [1.82, 2.24) is 10.3 Å². The fraction of sp³-hybridized carbons (Fsp3) is 0.200. The van der Waals surface area contributed by atoms with Gasteiger partial charge in [-0.1, -0.05) is 17.4 Å². The van der Waals surface area contributed by atoms with Crippen molar-refractivity contribution in [2.75, 3.05) is 6.54 Å². The first-order valence-corrected chi connectivity index (χ1v) is 8.71. The number of carbonyl (C=O) groups is 3. The Morgan fingerprint density at radius 3 is 2.24 bits per heavy atom. The summed E-state index contributed by atoms with van der Waals surface area (Å²) in [6.45, 7) is 4.98. The van der Waals surface area contributed by atoms with Gasteiger partial charge in [-0.2, -0.15) is 0 Å². The Balaban J connectivity index is 2.19. The molecule has 0 saturated heterocycles. The van der Waals surface area contributed by atoms with E-state index < -0.39 is 17.9 Å². The van der Waals surface area contributed by atoms with E-state index in [9.17, 15) is 24.6 Å². The molecule has 3 N–H and O–H groups in total. The average Bonchev–Trinajstić information content (AvgIpc) is 2.69. The number of amides is 2. The number of benzene rings is 2. The lowest BCUT2D eigenvalue weighted by molar-refractivity contribution is -0.149. The molecule has 0 heterocycles. The van der Waals surface area contributed by atoms with Crippen molar-refractivity contribution in [3.8, 4) is 5.75 Å². The van der Waals surface area contributed by atoms with E-state index in [0.717, 1.165) is 5.01 Å². The summed E-state index contributed by atoms with van der Waals surface area (Å²) in [6.07, 6.45) is -0.0155. The standard InChI is InChI=1S/C20H21N4O5/c1-3-21-19(27)15-6-8-16(9-7-15)22-23-24(13(2)25)18(20(28)29)12-14-4-10-17(26)11-5-14/h4-11,18,26H,1,3,12H2,2H3,(H,21,27)(H,28,29)/t18-/m0/s1. The van der Waals surface area contributed by atoms with Crippen molar-refractivity contribution >= 4 is 23.5 Å². The fourth-order valence-electron chi connectivity index (χ4n) is 2.47. The molecule has 0 fully saturated rings. The van der Waals surface area contributed by atoms with E-state index in [1.807, 2.05) is 0 Å². The molecule has 9 heteroatoms. The van der Waals surface area contributed by atoms with Gasteiger partial charge in [-0.05, 0) is 48.9 Å². The highest BCUT2D eigenvalue weighted by atomic mass is 16.4. The number of carboxylic acids is 1. The first kappa shape index (κ1) is 21.5. The number of carboxylic acid groups (broad SMARTS) is 1. The molecule has 0 aliphatic carbocycles. The lowest BCUT2D eigenvalue weighted by atomic mass is 10.1. The zero-order valence-corrected chi connectivity index (χ0v) is 15.8. The third-order valence-electron chi connectivity index (χ3n) is 3.94. The molecule has 2 aromatic rings. The van der Waals surface area contributed by atoms with Gasteiger partial charge in [-0.3, -0.25) is 9.59 Å². The highest BCUT2D eigenvalue weighted by Gasteiger charge is 2.28. The maximum atomic E-state index is 12.0. The number of phenols is 1. The molecule has 29 heavy (non-hydrogen) atoms.